The minimum absolute atomic E-state index is 0.143. The molecule has 1 aromatic heterocycles. The molecule has 0 saturated carbocycles. The fourth-order valence-corrected chi connectivity index (χ4v) is 2.97. The lowest BCUT2D eigenvalue weighted by atomic mass is 10.2. The Balaban J connectivity index is 1.54. The van der Waals surface area contributed by atoms with Crippen molar-refractivity contribution in [1.29, 1.82) is 0 Å². The van der Waals surface area contributed by atoms with Crippen molar-refractivity contribution in [2.75, 3.05) is 45.9 Å². The maximum atomic E-state index is 5.89. The first kappa shape index (κ1) is 17.1. The van der Waals surface area contributed by atoms with Crippen molar-refractivity contribution in [3.63, 3.8) is 0 Å². The molecule has 3 rings (SSSR count). The minimum Gasteiger partial charge on any atom is -0.419 e. The highest BCUT2D eigenvalue weighted by Gasteiger charge is 2.25. The third-order valence-corrected chi connectivity index (χ3v) is 4.53. The third kappa shape index (κ3) is 4.20. The van der Waals surface area contributed by atoms with Gasteiger partial charge in [0.25, 0.3) is 0 Å². The lowest BCUT2D eigenvalue weighted by molar-refractivity contribution is 0.0622. The van der Waals surface area contributed by atoms with Gasteiger partial charge in [0.15, 0.2) is 0 Å². The number of rotatable bonds is 7. The van der Waals surface area contributed by atoms with Crippen LogP contribution in [0.1, 0.15) is 25.8 Å². The van der Waals surface area contributed by atoms with Gasteiger partial charge in [-0.25, -0.2) is 0 Å². The Hall–Kier alpha value is -1.76. The molecule has 1 atom stereocenters. The van der Waals surface area contributed by atoms with Gasteiger partial charge in [0, 0.05) is 44.9 Å². The lowest BCUT2D eigenvalue weighted by Gasteiger charge is -2.36. The monoisotopic (exact) mass is 330 g/mol. The van der Waals surface area contributed by atoms with Gasteiger partial charge in [0.1, 0.15) is 0 Å². The standard InChI is InChI=1S/C18H26N4O2/c1-3-23-14-13-21-9-11-22(12-10-21)15(2)17-19-20-18(24-17)16-7-5-4-6-8-16/h4-8,15H,3,9-14H2,1-2H3/t15-/m1/s1. The molecular weight excluding hydrogens is 304 g/mol. The summed E-state index contributed by atoms with van der Waals surface area (Å²) in [5.74, 6) is 1.28. The van der Waals surface area contributed by atoms with E-state index in [2.05, 4.69) is 26.9 Å². The highest BCUT2D eigenvalue weighted by molar-refractivity contribution is 5.51. The number of ether oxygens (including phenoxy) is 1. The van der Waals surface area contributed by atoms with E-state index in [4.69, 9.17) is 9.15 Å². The first-order valence-corrected chi connectivity index (χ1v) is 8.71. The fraction of sp³-hybridized carbons (Fsp3) is 0.556. The summed E-state index contributed by atoms with van der Waals surface area (Å²) in [4.78, 5) is 4.85. The summed E-state index contributed by atoms with van der Waals surface area (Å²) in [5.41, 5.74) is 0.962. The van der Waals surface area contributed by atoms with Crippen molar-refractivity contribution >= 4 is 0 Å². The van der Waals surface area contributed by atoms with Gasteiger partial charge in [-0.2, -0.15) is 0 Å². The molecule has 6 heteroatoms. The van der Waals surface area contributed by atoms with Crippen molar-refractivity contribution in [3.05, 3.63) is 36.2 Å². The van der Waals surface area contributed by atoms with E-state index < -0.39 is 0 Å². The first-order valence-electron chi connectivity index (χ1n) is 8.71. The number of hydrogen-bond donors (Lipinski definition) is 0. The molecule has 1 saturated heterocycles. The number of nitrogens with zero attached hydrogens (tertiary/aromatic N) is 4. The van der Waals surface area contributed by atoms with E-state index >= 15 is 0 Å². The molecule has 1 aliphatic rings. The van der Waals surface area contributed by atoms with E-state index in [0.717, 1.165) is 51.5 Å². The molecular formula is C18H26N4O2. The van der Waals surface area contributed by atoms with Crippen LogP contribution in [0.4, 0.5) is 0 Å². The van der Waals surface area contributed by atoms with Crippen LogP contribution in [0.25, 0.3) is 11.5 Å². The van der Waals surface area contributed by atoms with Gasteiger partial charge in [-0.15, -0.1) is 10.2 Å². The van der Waals surface area contributed by atoms with Gasteiger partial charge < -0.3 is 9.15 Å². The van der Waals surface area contributed by atoms with E-state index in [0.29, 0.717) is 11.8 Å². The van der Waals surface area contributed by atoms with Crippen LogP contribution >= 0.6 is 0 Å². The Bertz CT molecular complexity index is 608. The zero-order valence-electron chi connectivity index (χ0n) is 14.5. The second kappa shape index (κ2) is 8.37. The maximum Gasteiger partial charge on any atom is 0.247 e. The second-order valence-electron chi connectivity index (χ2n) is 6.06. The Morgan fingerprint density at radius 2 is 1.88 bits per heavy atom. The summed E-state index contributed by atoms with van der Waals surface area (Å²) in [5, 5.41) is 8.45. The Kier molecular flexibility index (Phi) is 5.96. The van der Waals surface area contributed by atoms with Crippen molar-refractivity contribution in [2.45, 2.75) is 19.9 Å². The molecule has 2 heterocycles. The first-order chi connectivity index (χ1) is 11.8. The maximum absolute atomic E-state index is 5.89. The van der Waals surface area contributed by atoms with Crippen LogP contribution in [0.5, 0.6) is 0 Å². The van der Waals surface area contributed by atoms with Crippen molar-refractivity contribution in [1.82, 2.24) is 20.0 Å². The van der Waals surface area contributed by atoms with Crippen LogP contribution in [0.3, 0.4) is 0 Å². The quantitative estimate of drug-likeness (QED) is 0.727. The van der Waals surface area contributed by atoms with Crippen molar-refractivity contribution in [3.8, 4) is 11.5 Å². The van der Waals surface area contributed by atoms with E-state index in [1.807, 2.05) is 37.3 Å². The van der Waals surface area contributed by atoms with Gasteiger partial charge in [-0.3, -0.25) is 9.80 Å². The minimum atomic E-state index is 0.143. The third-order valence-electron chi connectivity index (χ3n) is 4.53. The van der Waals surface area contributed by atoms with E-state index in [1.165, 1.54) is 0 Å². The van der Waals surface area contributed by atoms with Crippen LogP contribution in [0, 0.1) is 0 Å². The van der Waals surface area contributed by atoms with Crippen LogP contribution in [-0.4, -0.2) is 65.9 Å². The summed E-state index contributed by atoms with van der Waals surface area (Å²) >= 11 is 0. The summed E-state index contributed by atoms with van der Waals surface area (Å²) < 4.78 is 11.3. The zero-order chi connectivity index (χ0) is 16.8. The van der Waals surface area contributed by atoms with Gasteiger partial charge >= 0.3 is 0 Å². The molecule has 6 nitrogen and oxygen atoms in total. The molecule has 1 aromatic carbocycles. The fourth-order valence-electron chi connectivity index (χ4n) is 2.97. The predicted molar refractivity (Wildman–Crippen MR) is 92.7 cm³/mol. The van der Waals surface area contributed by atoms with Crippen molar-refractivity contribution in [2.24, 2.45) is 0 Å². The molecule has 0 N–H and O–H groups in total. The average molecular weight is 330 g/mol. The number of hydrogen-bond acceptors (Lipinski definition) is 6. The summed E-state index contributed by atoms with van der Waals surface area (Å²) in [6.07, 6.45) is 0. The van der Waals surface area contributed by atoms with Crippen LogP contribution < -0.4 is 0 Å². The average Bonchev–Trinajstić information content (AvgIpc) is 3.13. The van der Waals surface area contributed by atoms with Crippen molar-refractivity contribution < 1.29 is 9.15 Å². The second-order valence-corrected chi connectivity index (χ2v) is 6.06. The summed E-state index contributed by atoms with van der Waals surface area (Å²) in [6, 6.07) is 10.0. The smallest absolute Gasteiger partial charge is 0.247 e. The molecule has 0 bridgehead atoms. The Labute approximate surface area is 143 Å². The molecule has 2 aromatic rings. The van der Waals surface area contributed by atoms with E-state index in [-0.39, 0.29) is 6.04 Å². The van der Waals surface area contributed by atoms with E-state index in [9.17, 15) is 0 Å². The van der Waals surface area contributed by atoms with Gasteiger partial charge in [-0.05, 0) is 26.0 Å². The van der Waals surface area contributed by atoms with Gasteiger partial charge in [0.05, 0.1) is 12.6 Å². The summed E-state index contributed by atoms with van der Waals surface area (Å²) in [6.45, 7) is 10.9. The largest absolute Gasteiger partial charge is 0.419 e. The van der Waals surface area contributed by atoms with Crippen LogP contribution in [0.15, 0.2) is 34.7 Å². The topological polar surface area (TPSA) is 54.6 Å². The van der Waals surface area contributed by atoms with Crippen LogP contribution in [0.2, 0.25) is 0 Å². The molecule has 0 spiro atoms. The molecule has 1 fully saturated rings. The summed E-state index contributed by atoms with van der Waals surface area (Å²) in [7, 11) is 0. The Morgan fingerprint density at radius 3 is 2.58 bits per heavy atom. The number of aromatic nitrogens is 2. The van der Waals surface area contributed by atoms with Gasteiger partial charge in [0.2, 0.25) is 11.8 Å². The number of benzene rings is 1. The van der Waals surface area contributed by atoms with E-state index in [1.54, 1.807) is 0 Å². The molecule has 0 unspecified atom stereocenters. The van der Waals surface area contributed by atoms with Crippen LogP contribution in [-0.2, 0) is 4.74 Å². The molecule has 0 amide bonds. The Morgan fingerprint density at radius 1 is 1.12 bits per heavy atom. The highest BCUT2D eigenvalue weighted by Crippen LogP contribution is 2.24. The molecule has 1 aliphatic heterocycles. The van der Waals surface area contributed by atoms with Gasteiger partial charge in [-0.1, -0.05) is 18.2 Å². The molecule has 0 radical (unpaired) electrons. The highest BCUT2D eigenvalue weighted by atomic mass is 16.5. The normalized spacial score (nSPS) is 17.9. The molecule has 0 aliphatic carbocycles. The SMILES string of the molecule is CCOCCN1CCN([C@H](C)c2nnc(-c3ccccc3)o2)CC1. The number of piperazine rings is 1. The lowest BCUT2D eigenvalue weighted by Crippen LogP contribution is -2.48. The molecule has 130 valence electrons. The molecule has 24 heavy (non-hydrogen) atoms. The zero-order valence-corrected chi connectivity index (χ0v) is 14.5. The predicted octanol–water partition coefficient (Wildman–Crippen LogP) is 2.45.